The summed E-state index contributed by atoms with van der Waals surface area (Å²) in [6, 6.07) is 62.4. The highest BCUT2D eigenvalue weighted by Gasteiger charge is 2.32. The molecule has 0 spiro atoms. The van der Waals surface area contributed by atoms with Crippen LogP contribution in [0.1, 0.15) is 143 Å². The molecule has 0 aliphatic carbocycles. The highest BCUT2D eigenvalue weighted by molar-refractivity contribution is 6.20. The third-order valence-corrected chi connectivity index (χ3v) is 26.1. The molecule has 646 valence electrons. The second-order valence-corrected chi connectivity index (χ2v) is 35.8. The summed E-state index contributed by atoms with van der Waals surface area (Å²) < 4.78 is 42.4. The van der Waals surface area contributed by atoms with E-state index in [9.17, 15) is 0 Å². The molecule has 10 aromatic heterocycles. The van der Waals surface area contributed by atoms with E-state index in [1.165, 1.54) is 38.9 Å². The van der Waals surface area contributed by atoms with E-state index in [-0.39, 0.29) is 0 Å². The van der Waals surface area contributed by atoms with Gasteiger partial charge in [-0.1, -0.05) is 132 Å². The molecule has 0 aliphatic heterocycles. The van der Waals surface area contributed by atoms with Crippen LogP contribution >= 0.6 is 0 Å². The van der Waals surface area contributed by atoms with Crippen molar-refractivity contribution in [3.8, 4) is 56.3 Å². The Morgan fingerprint density at radius 3 is 1.02 bits per heavy atom. The predicted molar refractivity (Wildman–Crippen MR) is 532 cm³/mol. The molecule has 10 heterocycles. The van der Waals surface area contributed by atoms with Gasteiger partial charge in [0.1, 0.15) is 91.1 Å². The van der Waals surface area contributed by atoms with Crippen LogP contribution in [0.2, 0.25) is 0 Å². The van der Waals surface area contributed by atoms with Gasteiger partial charge in [0, 0.05) is 115 Å². The Bertz CT molecular complexity index is 8360. The third-order valence-electron chi connectivity index (χ3n) is 26.1. The van der Waals surface area contributed by atoms with Gasteiger partial charge in [-0.25, -0.2) is 47.1 Å². The molecular formula is C116H107N10O5+5. The van der Waals surface area contributed by atoms with Crippen molar-refractivity contribution in [2.75, 3.05) is 0 Å². The number of fused-ring (bicyclic) bond motifs is 15. The molecule has 131 heavy (non-hydrogen) atoms. The zero-order valence-electron chi connectivity index (χ0n) is 79.0. The molecule has 0 N–H and O–H groups in total. The molecule has 0 saturated heterocycles. The Morgan fingerprint density at radius 2 is 0.565 bits per heavy atom. The van der Waals surface area contributed by atoms with Crippen LogP contribution in [-0.4, -0.2) is 0 Å². The summed E-state index contributed by atoms with van der Waals surface area (Å²) in [6.07, 6.45) is 10.2. The van der Waals surface area contributed by atoms with Crippen LogP contribution in [0.3, 0.4) is 0 Å². The van der Waals surface area contributed by atoms with Gasteiger partial charge in [0.2, 0.25) is 56.9 Å². The fourth-order valence-electron chi connectivity index (χ4n) is 19.2. The first kappa shape index (κ1) is 88.8. The van der Waals surface area contributed by atoms with Crippen LogP contribution in [0.15, 0.2) is 235 Å². The van der Waals surface area contributed by atoms with Crippen molar-refractivity contribution in [1.82, 2.24) is 0 Å². The lowest BCUT2D eigenvalue weighted by Crippen LogP contribution is -2.30. The monoisotopic (exact) mass is 1720 g/mol. The molecular weight excluding hydrogens is 1610 g/mol. The fourth-order valence-corrected chi connectivity index (χ4v) is 19.2. The van der Waals surface area contributed by atoms with Crippen molar-refractivity contribution < 1.29 is 44.9 Å². The molecule has 0 atom stereocenters. The molecule has 15 nitrogen and oxygen atoms in total. The van der Waals surface area contributed by atoms with Crippen molar-refractivity contribution in [2.45, 2.75) is 142 Å². The number of hydrogen-bond acceptors (Lipinski definition) is 5. The minimum absolute atomic E-state index is 0.351. The second-order valence-electron chi connectivity index (χ2n) is 35.8. The Hall–Kier alpha value is -15.6. The van der Waals surface area contributed by atoms with Gasteiger partial charge in [-0.3, -0.25) is 0 Å². The Balaban J connectivity index is 0.000000120. The van der Waals surface area contributed by atoms with Crippen LogP contribution in [0, 0.1) is 116 Å². The molecule has 0 aliphatic rings. The zero-order chi connectivity index (χ0) is 93.3. The first-order chi connectivity index (χ1) is 62.9. The molecule has 0 bridgehead atoms. The van der Waals surface area contributed by atoms with E-state index >= 15 is 0 Å². The average molecular weight is 1720 g/mol. The van der Waals surface area contributed by atoms with E-state index in [1.807, 2.05) is 172 Å². The maximum Gasteiger partial charge on any atom is 0.232 e. The van der Waals surface area contributed by atoms with Crippen molar-refractivity contribution in [1.29, 1.82) is 0 Å². The van der Waals surface area contributed by atoms with Gasteiger partial charge in [-0.15, -0.1) is 0 Å². The van der Waals surface area contributed by atoms with E-state index in [1.54, 1.807) is 0 Å². The maximum absolute atomic E-state index is 7.73. The van der Waals surface area contributed by atoms with E-state index in [2.05, 4.69) is 248 Å². The lowest BCUT2D eigenvalue weighted by molar-refractivity contribution is -0.660. The lowest BCUT2D eigenvalue weighted by atomic mass is 9.91. The normalized spacial score (nSPS) is 11.3. The standard InChI is InChI=1S/3C24H23N2O.2C22H19N2O/c1-14(2)18-13-19-17-11-10-15(3)21(20-9-7-8-12-26(20)6)23(17)27-24(19)22(25-5)16(18)4;1-14(2)18-13-16(4)20(19-9-7-8-12-26(19)6)24-21(18)17-11-10-15(3)22(25-5)23(17)27-24;1-14(2)18-13-16(4)22(25-5)24-21(18)17-11-10-15(3)20(23(17)27-24)19-9-7-8-12-26(19)6;1-13-9-10-16-20-15(3)14(2)12-17(23-4)22(20)25-21(16)19(13)18-8-6-7-11-24(18)5;1-13-9-10-16(23-4)21-19(13)20-15(3)12-14(2)18(22(20)25-21)17-8-6-7-11-24(17)5/h3*7-14H,1-4,6H3;2*6-12H,1-3,5H3/q5*+1. The molecule has 15 heteroatoms. The van der Waals surface area contributed by atoms with E-state index in [0.29, 0.717) is 74.1 Å². The summed E-state index contributed by atoms with van der Waals surface area (Å²) in [7, 11) is 10.2. The van der Waals surface area contributed by atoms with Crippen LogP contribution in [0.25, 0.3) is 190 Å². The quantitative estimate of drug-likeness (QED) is 0.111. The number of hydrogen-bond donors (Lipinski definition) is 0. The number of aryl methyl sites for hydroxylation is 16. The first-order valence-corrected chi connectivity index (χ1v) is 44.4. The topological polar surface area (TPSA) is 107 Å². The van der Waals surface area contributed by atoms with Crippen LogP contribution in [0.4, 0.5) is 28.4 Å². The van der Waals surface area contributed by atoms with Crippen LogP contribution in [-0.2, 0) is 35.2 Å². The number of benzene rings is 10. The number of aromatic nitrogens is 5. The average Bonchev–Trinajstić information content (AvgIpc) is 1.59. The van der Waals surface area contributed by atoms with E-state index in [4.69, 9.17) is 54.9 Å². The minimum atomic E-state index is 0.351. The molecule has 0 saturated carbocycles. The minimum Gasteiger partial charge on any atom is -0.466 e. The highest BCUT2D eigenvalue weighted by Crippen LogP contribution is 2.51. The molecule has 0 radical (unpaired) electrons. The summed E-state index contributed by atoms with van der Waals surface area (Å²) >= 11 is 0. The number of nitrogens with zero attached hydrogens (tertiary/aromatic N) is 10. The number of rotatable bonds is 8. The third kappa shape index (κ3) is 15.4. The van der Waals surface area contributed by atoms with Crippen molar-refractivity contribution in [3.05, 3.63) is 354 Å². The molecule has 20 aromatic rings. The zero-order valence-corrected chi connectivity index (χ0v) is 79.0. The van der Waals surface area contributed by atoms with Gasteiger partial charge >= 0.3 is 0 Å². The Morgan fingerprint density at radius 1 is 0.229 bits per heavy atom. The Kier molecular flexibility index (Phi) is 24.1. The molecule has 20 rings (SSSR count). The highest BCUT2D eigenvalue weighted by atomic mass is 16.3. The predicted octanol–water partition coefficient (Wildman–Crippen LogP) is 30.2. The smallest absolute Gasteiger partial charge is 0.232 e. The van der Waals surface area contributed by atoms with Crippen LogP contribution in [0.5, 0.6) is 0 Å². The van der Waals surface area contributed by atoms with E-state index in [0.717, 1.165) is 183 Å². The van der Waals surface area contributed by atoms with Crippen molar-refractivity contribution >= 4 is 138 Å². The fraction of sp³-hybridized carbons (Fsp3) is 0.224. The van der Waals surface area contributed by atoms with Gasteiger partial charge in [0.05, 0.1) is 60.7 Å². The lowest BCUT2D eigenvalue weighted by Gasteiger charge is -2.12. The molecule has 10 aromatic carbocycles. The molecule has 0 unspecified atom stereocenters. The van der Waals surface area contributed by atoms with Gasteiger partial charge in [-0.2, -0.15) is 0 Å². The van der Waals surface area contributed by atoms with Gasteiger partial charge < -0.3 is 22.1 Å². The summed E-state index contributed by atoms with van der Waals surface area (Å²) in [4.78, 5) is 18.7. The Labute approximate surface area is 765 Å². The van der Waals surface area contributed by atoms with E-state index < -0.39 is 0 Å². The number of furan rings is 5. The summed E-state index contributed by atoms with van der Waals surface area (Å²) in [5.74, 6) is 1.07. The molecule has 0 amide bonds. The first-order valence-electron chi connectivity index (χ1n) is 44.4. The van der Waals surface area contributed by atoms with Crippen molar-refractivity contribution in [3.63, 3.8) is 0 Å². The second kappa shape index (κ2) is 35.6. The SMILES string of the molecule is [C-]#[N+]c1c(C)c(C(C)C)cc2c1oc1c(-c3cccc[n+]3C)c(C)ccc12.[C-]#[N+]c1c(C)cc(C(C)C)c2c1oc1c(-c3cccc[n+]3C)c(C)ccc12.[C-]#[N+]c1c(C)ccc2c1oc1c(-c3cccc[n+]3C)c(C)cc(C(C)C)c12.[C-]#[N+]c1cc(C)c(C)c2c1oc1c(-c3cccc[n+]3C)c(C)ccc12.[C-]#[N+]c1ccc(C)c2c1oc1c(-c3cccc[n+]3C)c(C)cc(C)c12. The maximum atomic E-state index is 7.73. The summed E-state index contributed by atoms with van der Waals surface area (Å²) in [5, 5.41) is 10.7. The summed E-state index contributed by atoms with van der Waals surface area (Å²) in [5.41, 5.74) is 38.9. The molecule has 0 fully saturated rings. The largest absolute Gasteiger partial charge is 0.466 e. The summed E-state index contributed by atoms with van der Waals surface area (Å²) in [6.45, 7) is 76.1. The van der Waals surface area contributed by atoms with Crippen molar-refractivity contribution in [2.24, 2.45) is 35.2 Å². The van der Waals surface area contributed by atoms with Gasteiger partial charge in [0.15, 0.2) is 31.0 Å². The van der Waals surface area contributed by atoms with Gasteiger partial charge in [-0.05, 0) is 216 Å². The van der Waals surface area contributed by atoms with Crippen LogP contribution < -0.4 is 22.8 Å². The van der Waals surface area contributed by atoms with Gasteiger partial charge in [0.25, 0.3) is 0 Å². The number of pyridine rings is 5.